The Labute approximate surface area is 124 Å². The number of hydrogen-bond donors (Lipinski definition) is 1. The number of hydrogen-bond acceptors (Lipinski definition) is 3. The lowest BCUT2D eigenvalue weighted by Gasteiger charge is -2.28. The number of rotatable bonds is 8. The molecule has 2 N–H and O–H groups in total. The third-order valence-corrected chi connectivity index (χ3v) is 3.68. The van der Waals surface area contributed by atoms with E-state index >= 15 is 0 Å². The molecule has 0 fully saturated rings. The van der Waals surface area contributed by atoms with Crippen molar-refractivity contribution in [2.75, 3.05) is 33.3 Å². The second-order valence-electron chi connectivity index (χ2n) is 6.55. The topological polar surface area (TPSA) is 38.5 Å². The van der Waals surface area contributed by atoms with Gasteiger partial charge in [0, 0.05) is 13.1 Å². The molecule has 0 spiro atoms. The molecule has 1 aromatic carbocycles. The molecule has 0 unspecified atom stereocenters. The minimum Gasteiger partial charge on any atom is -0.494 e. The molecule has 3 heteroatoms. The van der Waals surface area contributed by atoms with Gasteiger partial charge in [0.15, 0.2) is 0 Å². The molecule has 20 heavy (non-hydrogen) atoms. The molecule has 0 atom stereocenters. The van der Waals surface area contributed by atoms with Gasteiger partial charge in [-0.25, -0.2) is 0 Å². The Bertz CT molecular complexity index is 415. The lowest BCUT2D eigenvalue weighted by Crippen LogP contribution is -2.37. The van der Waals surface area contributed by atoms with Crippen LogP contribution in [-0.4, -0.2) is 38.2 Å². The first-order valence-electron chi connectivity index (χ1n) is 7.43. The highest BCUT2D eigenvalue weighted by Crippen LogP contribution is 2.17. The first-order valence-corrected chi connectivity index (χ1v) is 7.43. The van der Waals surface area contributed by atoms with Crippen LogP contribution in [0.2, 0.25) is 0 Å². The monoisotopic (exact) mass is 278 g/mol. The summed E-state index contributed by atoms with van der Waals surface area (Å²) in [7, 11) is 2.15. The van der Waals surface area contributed by atoms with E-state index in [-0.39, 0.29) is 5.41 Å². The Morgan fingerprint density at radius 3 is 2.50 bits per heavy atom. The van der Waals surface area contributed by atoms with Crippen LogP contribution in [0, 0.1) is 19.3 Å². The Balaban J connectivity index is 2.26. The van der Waals surface area contributed by atoms with Crippen LogP contribution >= 0.6 is 0 Å². The average molecular weight is 278 g/mol. The normalized spacial score (nSPS) is 11.9. The molecule has 114 valence electrons. The summed E-state index contributed by atoms with van der Waals surface area (Å²) in [5.41, 5.74) is 8.53. The molecule has 0 bridgehead atoms. The molecule has 0 aromatic heterocycles. The SMILES string of the molecule is Cc1ccc(OCCCN(C)CC(C)(C)CN)cc1C. The van der Waals surface area contributed by atoms with Crippen LogP contribution in [0.4, 0.5) is 0 Å². The van der Waals surface area contributed by atoms with Crippen molar-refractivity contribution in [2.24, 2.45) is 11.1 Å². The van der Waals surface area contributed by atoms with Gasteiger partial charge in [0.25, 0.3) is 0 Å². The zero-order chi connectivity index (χ0) is 15.2. The molecule has 0 aliphatic rings. The van der Waals surface area contributed by atoms with Crippen molar-refractivity contribution in [2.45, 2.75) is 34.1 Å². The van der Waals surface area contributed by atoms with Crippen LogP contribution in [0.3, 0.4) is 0 Å². The van der Waals surface area contributed by atoms with E-state index in [1.165, 1.54) is 11.1 Å². The summed E-state index contributed by atoms with van der Waals surface area (Å²) < 4.78 is 5.80. The van der Waals surface area contributed by atoms with Gasteiger partial charge in [0.2, 0.25) is 0 Å². The van der Waals surface area contributed by atoms with Crippen molar-refractivity contribution in [3.63, 3.8) is 0 Å². The predicted molar refractivity (Wildman–Crippen MR) is 86.4 cm³/mol. The summed E-state index contributed by atoms with van der Waals surface area (Å²) in [6.07, 6.45) is 1.03. The average Bonchev–Trinajstić information content (AvgIpc) is 2.38. The van der Waals surface area contributed by atoms with Crippen molar-refractivity contribution in [3.05, 3.63) is 29.3 Å². The van der Waals surface area contributed by atoms with E-state index in [1.807, 2.05) is 6.07 Å². The summed E-state index contributed by atoms with van der Waals surface area (Å²) in [6.45, 7) is 12.2. The molecular weight excluding hydrogens is 248 g/mol. The Morgan fingerprint density at radius 2 is 1.90 bits per heavy atom. The van der Waals surface area contributed by atoms with E-state index in [0.29, 0.717) is 0 Å². The third-order valence-electron chi connectivity index (χ3n) is 3.68. The van der Waals surface area contributed by atoms with Crippen LogP contribution < -0.4 is 10.5 Å². The largest absolute Gasteiger partial charge is 0.494 e. The summed E-state index contributed by atoms with van der Waals surface area (Å²) >= 11 is 0. The van der Waals surface area contributed by atoms with Crippen LogP contribution in [0.25, 0.3) is 0 Å². The first kappa shape index (κ1) is 17.0. The summed E-state index contributed by atoms with van der Waals surface area (Å²) in [4.78, 5) is 2.33. The van der Waals surface area contributed by atoms with E-state index in [0.717, 1.165) is 38.4 Å². The predicted octanol–water partition coefficient (Wildman–Crippen LogP) is 2.99. The molecule has 1 rings (SSSR count). The Morgan fingerprint density at radius 1 is 1.20 bits per heavy atom. The quantitative estimate of drug-likeness (QED) is 0.743. The molecule has 3 nitrogen and oxygen atoms in total. The maximum atomic E-state index is 5.80. The highest BCUT2D eigenvalue weighted by Gasteiger charge is 2.17. The molecular formula is C17H30N2O. The highest BCUT2D eigenvalue weighted by atomic mass is 16.5. The van der Waals surface area contributed by atoms with Gasteiger partial charge in [-0.3, -0.25) is 0 Å². The Hall–Kier alpha value is -1.06. The minimum absolute atomic E-state index is 0.184. The van der Waals surface area contributed by atoms with Crippen LogP contribution in [0.5, 0.6) is 5.75 Å². The lowest BCUT2D eigenvalue weighted by molar-refractivity contribution is 0.199. The smallest absolute Gasteiger partial charge is 0.119 e. The van der Waals surface area contributed by atoms with E-state index in [2.05, 4.69) is 51.8 Å². The molecule has 0 amide bonds. The first-order chi connectivity index (χ1) is 9.34. The number of nitrogens with two attached hydrogens (primary N) is 1. The second kappa shape index (κ2) is 7.65. The van der Waals surface area contributed by atoms with Crippen LogP contribution in [-0.2, 0) is 0 Å². The standard InChI is InChI=1S/C17H30N2O/c1-14-7-8-16(11-15(14)2)20-10-6-9-19(5)13-17(3,4)12-18/h7-8,11H,6,9-10,12-13,18H2,1-5H3. The van der Waals surface area contributed by atoms with Crippen molar-refractivity contribution < 1.29 is 4.74 Å². The molecule has 0 radical (unpaired) electrons. The van der Waals surface area contributed by atoms with E-state index < -0.39 is 0 Å². The van der Waals surface area contributed by atoms with Gasteiger partial charge in [0.05, 0.1) is 6.61 Å². The summed E-state index contributed by atoms with van der Waals surface area (Å²) in [6, 6.07) is 6.26. The van der Waals surface area contributed by atoms with Crippen LogP contribution in [0.15, 0.2) is 18.2 Å². The highest BCUT2D eigenvalue weighted by molar-refractivity contribution is 5.33. The summed E-state index contributed by atoms with van der Waals surface area (Å²) in [5, 5.41) is 0. The molecule has 0 aliphatic carbocycles. The molecule has 0 heterocycles. The van der Waals surface area contributed by atoms with Gasteiger partial charge in [-0.1, -0.05) is 19.9 Å². The maximum Gasteiger partial charge on any atom is 0.119 e. The van der Waals surface area contributed by atoms with Gasteiger partial charge in [-0.05, 0) is 62.5 Å². The third kappa shape index (κ3) is 5.93. The molecule has 0 saturated carbocycles. The van der Waals surface area contributed by atoms with E-state index in [1.54, 1.807) is 0 Å². The lowest BCUT2D eigenvalue weighted by atomic mass is 9.93. The Kier molecular flexibility index (Phi) is 6.50. The van der Waals surface area contributed by atoms with Crippen molar-refractivity contribution in [1.82, 2.24) is 4.90 Å². The maximum absolute atomic E-state index is 5.80. The van der Waals surface area contributed by atoms with Gasteiger partial charge >= 0.3 is 0 Å². The number of aryl methyl sites for hydroxylation is 2. The van der Waals surface area contributed by atoms with Gasteiger partial charge in [-0.2, -0.15) is 0 Å². The van der Waals surface area contributed by atoms with Crippen molar-refractivity contribution >= 4 is 0 Å². The summed E-state index contributed by atoms with van der Waals surface area (Å²) in [5.74, 6) is 0.970. The van der Waals surface area contributed by atoms with E-state index in [9.17, 15) is 0 Å². The van der Waals surface area contributed by atoms with Gasteiger partial charge in [0.1, 0.15) is 5.75 Å². The zero-order valence-corrected chi connectivity index (χ0v) is 13.7. The van der Waals surface area contributed by atoms with Crippen molar-refractivity contribution in [1.29, 1.82) is 0 Å². The fourth-order valence-electron chi connectivity index (χ4n) is 2.20. The fraction of sp³-hybridized carbons (Fsp3) is 0.647. The fourth-order valence-corrected chi connectivity index (χ4v) is 2.20. The number of nitrogens with zero attached hydrogens (tertiary/aromatic N) is 1. The van der Waals surface area contributed by atoms with Crippen molar-refractivity contribution in [3.8, 4) is 5.75 Å². The van der Waals surface area contributed by atoms with Gasteiger partial charge in [-0.15, -0.1) is 0 Å². The molecule has 1 aromatic rings. The minimum atomic E-state index is 0.184. The second-order valence-corrected chi connectivity index (χ2v) is 6.55. The number of benzene rings is 1. The molecule has 0 aliphatic heterocycles. The molecule has 0 saturated heterocycles. The van der Waals surface area contributed by atoms with Crippen LogP contribution in [0.1, 0.15) is 31.4 Å². The van der Waals surface area contributed by atoms with E-state index in [4.69, 9.17) is 10.5 Å². The number of ether oxygens (including phenoxy) is 1. The zero-order valence-electron chi connectivity index (χ0n) is 13.7. The van der Waals surface area contributed by atoms with Gasteiger partial charge < -0.3 is 15.4 Å².